The number of ketones is 2. The van der Waals surface area contributed by atoms with E-state index >= 15 is 0 Å². The maximum Gasteiger partial charge on any atom is 0.231 e. The highest BCUT2D eigenvalue weighted by molar-refractivity contribution is 7.61. The lowest BCUT2D eigenvalue weighted by molar-refractivity contribution is -0.167. The van der Waals surface area contributed by atoms with Gasteiger partial charge in [-0.15, -0.1) is 0 Å². The molecular weight excluding hydrogens is 293 g/mol. The highest BCUT2D eigenvalue weighted by Crippen LogP contribution is 2.42. The van der Waals surface area contributed by atoms with Crippen LogP contribution in [0.3, 0.4) is 0 Å². The van der Waals surface area contributed by atoms with Crippen molar-refractivity contribution in [3.8, 4) is 0 Å². The van der Waals surface area contributed by atoms with Crippen molar-refractivity contribution in [2.45, 2.75) is 39.0 Å². The quantitative estimate of drug-likeness (QED) is 0.458. The highest BCUT2D eigenvalue weighted by Gasteiger charge is 2.63. The van der Waals surface area contributed by atoms with E-state index < -0.39 is 25.2 Å². The molecule has 6 nitrogen and oxygen atoms in total. The third-order valence-corrected chi connectivity index (χ3v) is 3.64. The van der Waals surface area contributed by atoms with Gasteiger partial charge in [0.1, 0.15) is 6.04 Å². The number of nitrogens with zero attached hydrogens (tertiary/aromatic N) is 1. The zero-order chi connectivity index (χ0) is 16.7. The molecule has 1 N–H and O–H groups in total. The first-order chi connectivity index (χ1) is 9.37. The lowest BCUT2D eigenvalue weighted by Crippen LogP contribution is -2.65. The first-order valence-electron chi connectivity index (χ1n) is 6.94. The third kappa shape index (κ3) is 3.61. The van der Waals surface area contributed by atoms with Crippen LogP contribution in [-0.2, 0) is 18.9 Å². The largest absolute Gasteiger partial charge is 0.393 e. The summed E-state index contributed by atoms with van der Waals surface area (Å²) < 4.78 is 10.2. The van der Waals surface area contributed by atoms with Gasteiger partial charge in [-0.05, 0) is 33.8 Å². The van der Waals surface area contributed by atoms with E-state index in [4.69, 9.17) is 0 Å². The molecule has 2 fully saturated rings. The van der Waals surface area contributed by atoms with Crippen LogP contribution in [0.25, 0.3) is 0 Å². The zero-order valence-electron chi connectivity index (χ0n) is 13.4. The Bertz CT molecular complexity index is 501. The number of aliphatic hydroxyl groups excluding tert-OH is 1. The summed E-state index contributed by atoms with van der Waals surface area (Å²) in [5.74, 6) is -1.65. The van der Waals surface area contributed by atoms with Crippen molar-refractivity contribution in [3.63, 3.8) is 0 Å². The van der Waals surface area contributed by atoms with Gasteiger partial charge < -0.3 is 14.6 Å². The normalized spacial score (nSPS) is 32.8. The van der Waals surface area contributed by atoms with E-state index in [-0.39, 0.29) is 29.4 Å². The number of carbonyl (C=O) groups excluding carboxylic acids is 3. The molecule has 2 saturated heterocycles. The number of Topliss-reactive ketones (excluding diaryl/α,β-unsaturated/α-hetero) is 2. The maximum atomic E-state index is 11.8. The average Bonchev–Trinajstić information content (AvgIpc) is 2.47. The van der Waals surface area contributed by atoms with E-state index in [9.17, 15) is 24.1 Å². The molecule has 0 aromatic rings. The van der Waals surface area contributed by atoms with Crippen molar-refractivity contribution < 1.29 is 24.1 Å². The third-order valence-electron chi connectivity index (χ3n) is 3.64. The predicted molar refractivity (Wildman–Crippen MR) is 79.8 cm³/mol. The number of aliphatic hydroxyl groups is 1. The SMILES string of the molecule is CC(=O)C1C(=O)[C@H](C)[C@@H]2[C@@H]([C@@H](C)O)C(=O)N12.CP(C)(C)=O. The lowest BCUT2D eigenvalue weighted by atomic mass is 9.79. The highest BCUT2D eigenvalue weighted by atomic mass is 31.2. The van der Waals surface area contributed by atoms with Crippen LogP contribution in [0, 0.1) is 11.8 Å². The first kappa shape index (κ1) is 18.1. The molecule has 120 valence electrons. The zero-order valence-corrected chi connectivity index (χ0v) is 14.3. The van der Waals surface area contributed by atoms with Crippen LogP contribution in [0.2, 0.25) is 0 Å². The van der Waals surface area contributed by atoms with E-state index in [1.165, 1.54) is 18.7 Å². The summed E-state index contributed by atoms with van der Waals surface area (Å²) in [5, 5.41) is 9.47. The van der Waals surface area contributed by atoms with Gasteiger partial charge in [-0.1, -0.05) is 6.92 Å². The molecule has 0 saturated carbocycles. The minimum absolute atomic E-state index is 0.200. The van der Waals surface area contributed by atoms with Gasteiger partial charge in [0.25, 0.3) is 0 Å². The Morgan fingerprint density at radius 1 is 1.29 bits per heavy atom. The molecule has 1 unspecified atom stereocenters. The molecule has 7 heteroatoms. The van der Waals surface area contributed by atoms with Crippen LogP contribution < -0.4 is 0 Å². The fourth-order valence-electron chi connectivity index (χ4n) is 2.85. The van der Waals surface area contributed by atoms with Gasteiger partial charge in [0.2, 0.25) is 5.91 Å². The smallest absolute Gasteiger partial charge is 0.231 e. The van der Waals surface area contributed by atoms with Crippen molar-refractivity contribution in [2.75, 3.05) is 20.0 Å². The summed E-state index contributed by atoms with van der Waals surface area (Å²) in [6, 6.07) is -1.21. The van der Waals surface area contributed by atoms with Crippen LogP contribution in [0.5, 0.6) is 0 Å². The van der Waals surface area contributed by atoms with Gasteiger partial charge in [0.05, 0.1) is 25.2 Å². The second-order valence-corrected chi connectivity index (χ2v) is 10.4. The van der Waals surface area contributed by atoms with Gasteiger partial charge in [-0.25, -0.2) is 0 Å². The van der Waals surface area contributed by atoms with Crippen molar-refractivity contribution in [1.29, 1.82) is 0 Å². The van der Waals surface area contributed by atoms with Crippen molar-refractivity contribution >= 4 is 24.6 Å². The van der Waals surface area contributed by atoms with E-state index in [2.05, 4.69) is 0 Å². The maximum absolute atomic E-state index is 11.8. The molecule has 21 heavy (non-hydrogen) atoms. The van der Waals surface area contributed by atoms with E-state index in [0.717, 1.165) is 0 Å². The number of β-lactam (4-membered cyclic amide) rings is 1. The topological polar surface area (TPSA) is 91.8 Å². The molecule has 2 aliphatic heterocycles. The minimum Gasteiger partial charge on any atom is -0.393 e. The summed E-state index contributed by atoms with van der Waals surface area (Å²) >= 11 is 0. The van der Waals surface area contributed by atoms with Crippen LogP contribution in [-0.4, -0.2) is 65.7 Å². The molecule has 0 aliphatic carbocycles. The summed E-state index contributed by atoms with van der Waals surface area (Å²) in [6.45, 7) is 9.80. The number of carbonyl (C=O) groups is 3. The Morgan fingerprint density at radius 2 is 1.71 bits per heavy atom. The van der Waals surface area contributed by atoms with E-state index in [1.807, 2.05) is 0 Å². The number of hydrogen-bond acceptors (Lipinski definition) is 5. The van der Waals surface area contributed by atoms with Crippen LogP contribution in [0.4, 0.5) is 0 Å². The molecule has 0 bridgehead atoms. The van der Waals surface area contributed by atoms with Crippen molar-refractivity contribution in [3.05, 3.63) is 0 Å². The van der Waals surface area contributed by atoms with Crippen molar-refractivity contribution in [1.82, 2.24) is 4.90 Å². The van der Waals surface area contributed by atoms with Gasteiger partial charge in [0.15, 0.2) is 11.6 Å². The summed E-state index contributed by atoms with van der Waals surface area (Å²) in [6.07, 6.45) is -0.769. The number of fused-ring (bicyclic) bond motifs is 1. The number of rotatable bonds is 2. The Labute approximate surface area is 125 Å². The molecular formula is C14H24NO5P. The molecule has 2 rings (SSSR count). The second-order valence-electron chi connectivity index (χ2n) is 6.60. The lowest BCUT2D eigenvalue weighted by Gasteiger charge is -2.46. The molecule has 1 amide bonds. The van der Waals surface area contributed by atoms with E-state index in [0.29, 0.717) is 0 Å². The van der Waals surface area contributed by atoms with Crippen LogP contribution in [0.15, 0.2) is 0 Å². The Kier molecular flexibility index (Phi) is 5.17. The predicted octanol–water partition coefficient (Wildman–Crippen LogP) is 0.609. The van der Waals surface area contributed by atoms with Gasteiger partial charge in [-0.3, -0.25) is 14.4 Å². The van der Waals surface area contributed by atoms with Gasteiger partial charge in [0, 0.05) is 5.92 Å². The standard InChI is InChI=1S/C11H15NO4.C3H9OP/c1-4-8-7(5(2)13)11(16)12(8)9(6(3)14)10(4)15;1-5(2,3)4/h4-5,7-9,13H,1-3H3;1-3H3/t4-,5-,7-,8-,9?;/m1./s1. The Hall–Kier alpha value is -1.00. The number of hydrogen-bond donors (Lipinski definition) is 1. The Morgan fingerprint density at radius 3 is 2.05 bits per heavy atom. The molecule has 0 spiro atoms. The monoisotopic (exact) mass is 317 g/mol. The summed E-state index contributed by atoms with van der Waals surface area (Å²) in [7, 11) is -1.64. The Balaban J connectivity index is 0.000000383. The van der Waals surface area contributed by atoms with E-state index in [1.54, 1.807) is 26.9 Å². The molecule has 2 heterocycles. The fourth-order valence-corrected chi connectivity index (χ4v) is 2.85. The first-order valence-corrected chi connectivity index (χ1v) is 9.99. The minimum atomic E-state index is -1.64. The van der Waals surface area contributed by atoms with Crippen LogP contribution >= 0.6 is 7.14 Å². The molecule has 0 radical (unpaired) electrons. The average molecular weight is 317 g/mol. The molecule has 2 aliphatic rings. The summed E-state index contributed by atoms with van der Waals surface area (Å²) in [5.41, 5.74) is 0. The van der Waals surface area contributed by atoms with Crippen LogP contribution in [0.1, 0.15) is 20.8 Å². The summed E-state index contributed by atoms with van der Waals surface area (Å²) in [4.78, 5) is 36.3. The van der Waals surface area contributed by atoms with Gasteiger partial charge in [-0.2, -0.15) is 0 Å². The molecule has 0 aromatic carbocycles. The molecule has 0 aromatic heterocycles. The molecule has 5 atom stereocenters. The van der Waals surface area contributed by atoms with Crippen molar-refractivity contribution in [2.24, 2.45) is 11.8 Å². The second kappa shape index (κ2) is 6.01. The fraction of sp³-hybridized carbons (Fsp3) is 0.786. The van der Waals surface area contributed by atoms with Gasteiger partial charge >= 0.3 is 0 Å². The number of amides is 1.